The zero-order valence-corrected chi connectivity index (χ0v) is 11.6. The van der Waals surface area contributed by atoms with Crippen molar-refractivity contribution in [1.82, 2.24) is 4.90 Å². The first-order valence-electron chi connectivity index (χ1n) is 7.80. The Balaban J connectivity index is 1.81. The quantitative estimate of drug-likeness (QED) is 0.707. The fraction of sp³-hybridized carbons (Fsp3) is 0.647. The smallest absolute Gasteiger partial charge is 0.123 e. The van der Waals surface area contributed by atoms with Crippen molar-refractivity contribution < 1.29 is 4.74 Å². The number of hydrogen-bond acceptors (Lipinski definition) is 2. The number of benzene rings is 1. The number of likely N-dealkylation sites (N-methyl/N-ethyl adjacent to an activating group) is 1. The van der Waals surface area contributed by atoms with E-state index in [0.29, 0.717) is 11.5 Å². The molecule has 1 aromatic rings. The van der Waals surface area contributed by atoms with Crippen molar-refractivity contribution in [2.75, 3.05) is 13.6 Å². The van der Waals surface area contributed by atoms with Crippen LogP contribution in [-0.2, 0) is 11.8 Å². The Morgan fingerprint density at radius 2 is 2.26 bits per heavy atom. The molecule has 2 unspecified atom stereocenters. The predicted molar refractivity (Wildman–Crippen MR) is 74.6 cm³/mol. The van der Waals surface area contributed by atoms with E-state index in [2.05, 4.69) is 30.1 Å². The molecule has 2 bridgehead atoms. The molecule has 2 aliphatic carbocycles. The molecule has 100 valence electrons. The van der Waals surface area contributed by atoms with Gasteiger partial charge in [0, 0.05) is 17.0 Å². The summed E-state index contributed by atoms with van der Waals surface area (Å²) in [5.41, 5.74) is 3.57. The molecule has 1 saturated heterocycles. The third-order valence-electron chi connectivity index (χ3n) is 6.40. The number of piperidine rings is 1. The third-order valence-corrected chi connectivity index (χ3v) is 6.40. The average Bonchev–Trinajstić information content (AvgIpc) is 2.76. The summed E-state index contributed by atoms with van der Waals surface area (Å²) in [7, 11) is 2.33. The highest BCUT2D eigenvalue weighted by Crippen LogP contribution is 2.61. The summed E-state index contributed by atoms with van der Waals surface area (Å²) in [5.74, 6) is 2.05. The second-order valence-electron chi connectivity index (χ2n) is 6.98. The van der Waals surface area contributed by atoms with Crippen molar-refractivity contribution in [1.29, 1.82) is 0 Å². The topological polar surface area (TPSA) is 12.5 Å². The fourth-order valence-corrected chi connectivity index (χ4v) is 5.68. The second-order valence-corrected chi connectivity index (χ2v) is 6.98. The van der Waals surface area contributed by atoms with Crippen molar-refractivity contribution in [3.05, 3.63) is 29.3 Å². The first-order chi connectivity index (χ1) is 9.30. The van der Waals surface area contributed by atoms with Gasteiger partial charge in [0.2, 0.25) is 0 Å². The Hall–Kier alpha value is -1.02. The first-order valence-corrected chi connectivity index (χ1v) is 7.80. The van der Waals surface area contributed by atoms with Gasteiger partial charge in [-0.2, -0.15) is 0 Å². The number of rotatable bonds is 0. The van der Waals surface area contributed by atoms with Gasteiger partial charge in [0.1, 0.15) is 11.9 Å². The summed E-state index contributed by atoms with van der Waals surface area (Å²) in [4.78, 5) is 2.62. The molecule has 4 atom stereocenters. The highest BCUT2D eigenvalue weighted by atomic mass is 16.5. The molecule has 4 aliphatic rings. The van der Waals surface area contributed by atoms with Crippen LogP contribution >= 0.6 is 0 Å². The molecule has 2 fully saturated rings. The predicted octanol–water partition coefficient (Wildman–Crippen LogP) is 2.75. The molecule has 2 aliphatic heterocycles. The largest absolute Gasteiger partial charge is 0.489 e. The molecule has 0 N–H and O–H groups in total. The normalized spacial score (nSPS) is 42.7. The average molecular weight is 255 g/mol. The van der Waals surface area contributed by atoms with Crippen LogP contribution in [0.1, 0.15) is 36.8 Å². The molecule has 1 saturated carbocycles. The fourth-order valence-electron chi connectivity index (χ4n) is 5.68. The van der Waals surface area contributed by atoms with Crippen LogP contribution in [0.3, 0.4) is 0 Å². The molecule has 1 aromatic carbocycles. The van der Waals surface area contributed by atoms with Crippen LogP contribution in [0.25, 0.3) is 0 Å². The van der Waals surface area contributed by atoms with E-state index in [9.17, 15) is 0 Å². The van der Waals surface area contributed by atoms with Crippen molar-refractivity contribution in [3.63, 3.8) is 0 Å². The van der Waals surface area contributed by atoms with E-state index < -0.39 is 0 Å². The van der Waals surface area contributed by atoms with E-state index in [4.69, 9.17) is 4.74 Å². The third kappa shape index (κ3) is 1.10. The summed E-state index contributed by atoms with van der Waals surface area (Å²) < 4.78 is 6.40. The van der Waals surface area contributed by atoms with Crippen LogP contribution in [0.4, 0.5) is 0 Å². The molecular weight excluding hydrogens is 234 g/mol. The van der Waals surface area contributed by atoms with Gasteiger partial charge < -0.3 is 9.64 Å². The van der Waals surface area contributed by atoms with E-state index >= 15 is 0 Å². The monoisotopic (exact) mass is 255 g/mol. The molecule has 0 aromatic heterocycles. The molecule has 2 heterocycles. The van der Waals surface area contributed by atoms with Gasteiger partial charge in [-0.15, -0.1) is 0 Å². The van der Waals surface area contributed by atoms with Gasteiger partial charge in [0.25, 0.3) is 0 Å². The maximum absolute atomic E-state index is 6.40. The Labute approximate surface area is 114 Å². The molecule has 5 rings (SSSR count). The van der Waals surface area contributed by atoms with Gasteiger partial charge in [-0.05, 0) is 63.2 Å². The minimum atomic E-state index is 0.375. The summed E-state index contributed by atoms with van der Waals surface area (Å²) in [5, 5.41) is 0. The molecule has 1 spiro atoms. The van der Waals surface area contributed by atoms with Gasteiger partial charge in [-0.3, -0.25) is 0 Å². The van der Waals surface area contributed by atoms with E-state index in [1.807, 2.05) is 0 Å². The number of likely N-dealkylation sites (tertiary alicyclic amines) is 1. The lowest BCUT2D eigenvalue weighted by atomic mass is 9.52. The Kier molecular flexibility index (Phi) is 1.89. The molecule has 2 nitrogen and oxygen atoms in total. The molecule has 2 heteroatoms. The lowest BCUT2D eigenvalue weighted by Gasteiger charge is -2.57. The minimum Gasteiger partial charge on any atom is -0.489 e. The number of ether oxygens (including phenoxy) is 1. The Morgan fingerprint density at radius 1 is 1.32 bits per heavy atom. The van der Waals surface area contributed by atoms with Gasteiger partial charge in [-0.1, -0.05) is 12.1 Å². The van der Waals surface area contributed by atoms with Crippen molar-refractivity contribution in [2.45, 2.75) is 49.7 Å². The highest BCUT2D eigenvalue weighted by molar-refractivity contribution is 5.54. The summed E-state index contributed by atoms with van der Waals surface area (Å²) in [6.07, 6.45) is 7.04. The lowest BCUT2D eigenvalue weighted by molar-refractivity contribution is -0.0425. The standard InChI is InChI=1S/C17H21NO/c1-18-9-8-17-12-5-3-7-15(17)19-14-6-2-4-11(16(14)17)10-13(12)18/h2,4,6,12-13,15H,3,5,7-10H2,1H3/t12?,13?,15-,17+/m0/s1. The van der Waals surface area contributed by atoms with Gasteiger partial charge >= 0.3 is 0 Å². The zero-order chi connectivity index (χ0) is 12.6. The van der Waals surface area contributed by atoms with Gasteiger partial charge in [0.15, 0.2) is 0 Å². The van der Waals surface area contributed by atoms with Crippen LogP contribution in [0.5, 0.6) is 5.75 Å². The van der Waals surface area contributed by atoms with Crippen LogP contribution in [-0.4, -0.2) is 30.6 Å². The first kappa shape index (κ1) is 10.7. The van der Waals surface area contributed by atoms with E-state index in [-0.39, 0.29) is 0 Å². The SMILES string of the molecule is CN1CC[C@]23c4c5cccc4O[C@H]2CCCC3C1C5. The van der Waals surface area contributed by atoms with Crippen LogP contribution in [0.15, 0.2) is 18.2 Å². The molecule has 0 radical (unpaired) electrons. The van der Waals surface area contributed by atoms with Gasteiger partial charge in [-0.25, -0.2) is 0 Å². The van der Waals surface area contributed by atoms with E-state index in [1.165, 1.54) is 44.4 Å². The molecule has 19 heavy (non-hydrogen) atoms. The van der Waals surface area contributed by atoms with E-state index in [0.717, 1.165) is 12.0 Å². The second kappa shape index (κ2) is 3.35. The van der Waals surface area contributed by atoms with Crippen molar-refractivity contribution >= 4 is 0 Å². The zero-order valence-electron chi connectivity index (χ0n) is 11.6. The summed E-state index contributed by atoms with van der Waals surface area (Å²) >= 11 is 0. The molecule has 0 amide bonds. The minimum absolute atomic E-state index is 0.375. The van der Waals surface area contributed by atoms with Gasteiger partial charge in [0.05, 0.1) is 0 Å². The summed E-state index contributed by atoms with van der Waals surface area (Å²) in [6, 6.07) is 7.50. The Bertz CT molecular complexity index is 554. The highest BCUT2D eigenvalue weighted by Gasteiger charge is 2.62. The van der Waals surface area contributed by atoms with Crippen molar-refractivity contribution in [3.8, 4) is 5.75 Å². The Morgan fingerprint density at radius 3 is 3.21 bits per heavy atom. The van der Waals surface area contributed by atoms with Crippen molar-refractivity contribution in [2.24, 2.45) is 5.92 Å². The maximum atomic E-state index is 6.40. The lowest BCUT2D eigenvalue weighted by Crippen LogP contribution is -2.63. The molecular formula is C17H21NO. The van der Waals surface area contributed by atoms with E-state index in [1.54, 1.807) is 11.1 Å². The van der Waals surface area contributed by atoms with Crippen LogP contribution in [0, 0.1) is 5.92 Å². The van der Waals surface area contributed by atoms with Crippen LogP contribution in [0.2, 0.25) is 0 Å². The maximum Gasteiger partial charge on any atom is 0.123 e. The van der Waals surface area contributed by atoms with Crippen LogP contribution < -0.4 is 4.74 Å². The number of hydrogen-bond donors (Lipinski definition) is 0. The summed E-state index contributed by atoms with van der Waals surface area (Å²) in [6.45, 7) is 1.24. The number of nitrogens with zero attached hydrogens (tertiary/aromatic N) is 1.